The average molecular weight is 610 g/mol. The Morgan fingerprint density at radius 2 is 1.98 bits per heavy atom. The van der Waals surface area contributed by atoms with Gasteiger partial charge in [-0.3, -0.25) is 19.8 Å². The predicted molar refractivity (Wildman–Crippen MR) is 168 cm³/mol. The minimum absolute atomic E-state index is 0.110. The Labute approximate surface area is 254 Å². The van der Waals surface area contributed by atoms with Crippen LogP contribution in [0.25, 0.3) is 16.6 Å². The van der Waals surface area contributed by atoms with Gasteiger partial charge in [0.05, 0.1) is 34.8 Å². The fourth-order valence-electron chi connectivity index (χ4n) is 5.25. The molecule has 2 amide bonds. The number of carbonyl (C=O) groups excluding carboxylic acids is 2. The summed E-state index contributed by atoms with van der Waals surface area (Å²) in [6.45, 7) is 11.5. The molecule has 0 atom stereocenters. The lowest BCUT2D eigenvalue weighted by molar-refractivity contribution is -0.132. The first-order valence-electron chi connectivity index (χ1n) is 14.5. The van der Waals surface area contributed by atoms with Crippen LogP contribution in [0, 0.1) is 5.41 Å². The molecule has 0 bridgehead atoms. The van der Waals surface area contributed by atoms with Crippen LogP contribution in [0.15, 0.2) is 30.5 Å². The van der Waals surface area contributed by atoms with E-state index in [1.165, 1.54) is 17.5 Å². The summed E-state index contributed by atoms with van der Waals surface area (Å²) in [4.78, 5) is 36.9. The third-order valence-electron chi connectivity index (χ3n) is 7.54. The van der Waals surface area contributed by atoms with Crippen molar-refractivity contribution in [3.05, 3.63) is 40.2 Å². The summed E-state index contributed by atoms with van der Waals surface area (Å²) in [5, 5.41) is 10.5. The second-order valence-corrected chi connectivity index (χ2v) is 11.9. The number of ether oxygens (including phenoxy) is 3. The van der Waals surface area contributed by atoms with Crippen LogP contribution in [-0.4, -0.2) is 90.7 Å². The van der Waals surface area contributed by atoms with Crippen LogP contribution in [-0.2, 0) is 20.8 Å². The minimum Gasteiger partial charge on any atom is -0.476 e. The van der Waals surface area contributed by atoms with Crippen molar-refractivity contribution in [3.63, 3.8) is 0 Å². The summed E-state index contributed by atoms with van der Waals surface area (Å²) in [6, 6.07) is 7.26. The monoisotopic (exact) mass is 609 g/mol. The Morgan fingerprint density at radius 3 is 2.70 bits per heavy atom. The number of morpholine rings is 1. The number of rotatable bonds is 12. The lowest BCUT2D eigenvalue weighted by Gasteiger charge is -2.40. The molecule has 43 heavy (non-hydrogen) atoms. The Kier molecular flexibility index (Phi) is 9.45. The fourth-order valence-corrected chi connectivity index (χ4v) is 6.14. The second kappa shape index (κ2) is 13.2. The number of imidazole rings is 1. The molecule has 1 saturated heterocycles. The van der Waals surface area contributed by atoms with Crippen LogP contribution in [0.1, 0.15) is 41.7 Å². The largest absolute Gasteiger partial charge is 0.476 e. The number of carbonyl (C=O) groups is 2. The van der Waals surface area contributed by atoms with Crippen molar-refractivity contribution >= 4 is 57.6 Å². The maximum Gasteiger partial charge on any atom is 0.270 e. The molecule has 1 fully saturated rings. The summed E-state index contributed by atoms with van der Waals surface area (Å²) >= 11 is 1.25. The molecular formula is C30H39N7O5S. The summed E-state index contributed by atoms with van der Waals surface area (Å²) in [5.41, 5.74) is 7.22. The van der Waals surface area contributed by atoms with Gasteiger partial charge in [0.2, 0.25) is 5.95 Å². The van der Waals surface area contributed by atoms with Gasteiger partial charge in [0.15, 0.2) is 5.60 Å². The third kappa shape index (κ3) is 6.59. The van der Waals surface area contributed by atoms with Crippen LogP contribution in [0.5, 0.6) is 5.75 Å². The summed E-state index contributed by atoms with van der Waals surface area (Å²) < 4.78 is 19.3. The molecule has 12 nitrogen and oxygen atoms in total. The van der Waals surface area contributed by atoms with E-state index in [-0.39, 0.29) is 11.8 Å². The number of nitrogens with two attached hydrogens (primary N) is 1. The van der Waals surface area contributed by atoms with E-state index < -0.39 is 5.60 Å². The highest BCUT2D eigenvalue weighted by Gasteiger charge is 2.41. The van der Waals surface area contributed by atoms with Gasteiger partial charge in [-0.15, -0.1) is 11.3 Å². The number of fused-ring (bicyclic) bond motifs is 2. The van der Waals surface area contributed by atoms with E-state index in [1.54, 1.807) is 30.9 Å². The van der Waals surface area contributed by atoms with Gasteiger partial charge in [-0.2, -0.15) is 0 Å². The zero-order valence-electron chi connectivity index (χ0n) is 24.9. The van der Waals surface area contributed by atoms with E-state index in [4.69, 9.17) is 30.3 Å². The molecule has 3 aromatic rings. The molecule has 0 saturated carbocycles. The van der Waals surface area contributed by atoms with E-state index in [9.17, 15) is 9.59 Å². The molecule has 0 aliphatic carbocycles. The van der Waals surface area contributed by atoms with Gasteiger partial charge in [0.1, 0.15) is 5.75 Å². The Morgan fingerprint density at radius 1 is 1.21 bits per heavy atom. The lowest BCUT2D eigenvalue weighted by Crippen LogP contribution is -2.54. The normalized spacial score (nSPS) is 17.1. The standard InChI is InChI=1S/C30H39N7O5S/c1-4-40-13-5-8-37-22-17-24-23(36(28(39)30(2,3)42-24)10-9-35-11-14-41-15-12-35)16-21(22)33-29(37)34-27(38)26-7-6-25(43-26)20(18-31)19-32/h6-7,16-19,31H,4-5,8-15,32H2,1-3H3,(H,33,34,38)/b20-19+,31-18?. The molecule has 0 spiro atoms. The minimum atomic E-state index is -1.03. The van der Waals surface area contributed by atoms with E-state index in [0.717, 1.165) is 36.2 Å². The molecule has 0 unspecified atom stereocenters. The summed E-state index contributed by atoms with van der Waals surface area (Å²) in [6.07, 6.45) is 3.22. The predicted octanol–water partition coefficient (Wildman–Crippen LogP) is 3.56. The molecule has 1 aromatic carbocycles. The Balaban J connectivity index is 1.48. The van der Waals surface area contributed by atoms with Gasteiger partial charge in [-0.05, 0) is 45.4 Å². The topological polar surface area (TPSA) is 148 Å². The van der Waals surface area contributed by atoms with Crippen molar-refractivity contribution in [1.29, 1.82) is 5.41 Å². The molecular weight excluding hydrogens is 570 g/mol. The molecule has 2 aliphatic heterocycles. The molecule has 4 N–H and O–H groups in total. The van der Waals surface area contributed by atoms with Gasteiger partial charge >= 0.3 is 0 Å². The highest BCUT2D eigenvalue weighted by molar-refractivity contribution is 7.15. The molecule has 13 heteroatoms. The van der Waals surface area contributed by atoms with E-state index >= 15 is 0 Å². The number of allylic oxidation sites excluding steroid dienone is 1. The Hall–Kier alpha value is -3.78. The van der Waals surface area contributed by atoms with Crippen molar-refractivity contribution in [2.24, 2.45) is 5.73 Å². The Bertz CT molecular complexity index is 1520. The molecule has 5 rings (SSSR count). The van der Waals surface area contributed by atoms with E-state index in [2.05, 4.69) is 10.2 Å². The first-order chi connectivity index (χ1) is 20.7. The highest BCUT2D eigenvalue weighted by atomic mass is 32.1. The molecule has 230 valence electrons. The van der Waals surface area contributed by atoms with Crippen molar-refractivity contribution < 1.29 is 23.8 Å². The van der Waals surface area contributed by atoms with Crippen molar-refractivity contribution in [2.45, 2.75) is 39.3 Å². The molecule has 0 radical (unpaired) electrons. The number of hydrogen-bond acceptors (Lipinski definition) is 10. The second-order valence-electron chi connectivity index (χ2n) is 10.9. The van der Waals surface area contributed by atoms with Crippen LogP contribution in [0.4, 0.5) is 11.6 Å². The first kappa shape index (κ1) is 30.7. The molecule has 2 aliphatic rings. The highest BCUT2D eigenvalue weighted by Crippen LogP contribution is 2.41. The van der Waals surface area contributed by atoms with E-state index in [0.29, 0.717) is 79.3 Å². The third-order valence-corrected chi connectivity index (χ3v) is 8.67. The van der Waals surface area contributed by atoms with Crippen LogP contribution >= 0.6 is 11.3 Å². The van der Waals surface area contributed by atoms with Crippen molar-refractivity contribution in [1.82, 2.24) is 14.5 Å². The number of benzene rings is 1. The van der Waals surface area contributed by atoms with Crippen LogP contribution in [0.3, 0.4) is 0 Å². The number of nitrogens with zero attached hydrogens (tertiary/aromatic N) is 4. The van der Waals surface area contributed by atoms with Crippen LogP contribution in [0.2, 0.25) is 0 Å². The van der Waals surface area contributed by atoms with Crippen molar-refractivity contribution in [3.8, 4) is 5.75 Å². The first-order valence-corrected chi connectivity index (χ1v) is 15.3. The number of nitrogens with one attached hydrogen (secondary N) is 2. The van der Waals surface area contributed by atoms with Gasteiger partial charge in [0.25, 0.3) is 11.8 Å². The number of aryl methyl sites for hydroxylation is 1. The maximum absolute atomic E-state index is 13.5. The van der Waals surface area contributed by atoms with Gasteiger partial charge < -0.3 is 34.8 Å². The summed E-state index contributed by atoms with van der Waals surface area (Å²) in [5.74, 6) is 0.560. The van der Waals surface area contributed by atoms with Gasteiger partial charge in [0, 0.05) is 74.9 Å². The van der Waals surface area contributed by atoms with Crippen LogP contribution < -0.4 is 20.7 Å². The zero-order chi connectivity index (χ0) is 30.6. The van der Waals surface area contributed by atoms with E-state index in [1.807, 2.05) is 23.6 Å². The quantitative estimate of drug-likeness (QED) is 0.209. The summed E-state index contributed by atoms with van der Waals surface area (Å²) in [7, 11) is 0. The SMILES string of the molecule is CCOCCCn1c(NC(=O)c2ccc(/C(C=N)=C/N)s2)nc2cc3c(cc21)OC(C)(C)C(=O)N3CCN1CCOCC1. The number of anilines is 2. The zero-order valence-corrected chi connectivity index (χ0v) is 25.7. The molecule has 4 heterocycles. The van der Waals surface area contributed by atoms with Crippen molar-refractivity contribution in [2.75, 3.05) is 62.8 Å². The van der Waals surface area contributed by atoms with Gasteiger partial charge in [-0.1, -0.05) is 0 Å². The maximum atomic E-state index is 13.5. The number of thiophene rings is 1. The average Bonchev–Trinajstić information content (AvgIpc) is 3.61. The number of aromatic nitrogens is 2. The molecule has 2 aromatic heterocycles. The van der Waals surface area contributed by atoms with Gasteiger partial charge in [-0.25, -0.2) is 4.98 Å². The number of hydrogen-bond donors (Lipinski definition) is 3. The fraction of sp³-hybridized carbons (Fsp3) is 0.467. The smallest absolute Gasteiger partial charge is 0.270 e. The lowest BCUT2D eigenvalue weighted by atomic mass is 10.0. The number of amides is 2.